The van der Waals surface area contributed by atoms with E-state index < -0.39 is 5.66 Å². The Morgan fingerprint density at radius 3 is 2.50 bits per heavy atom. The van der Waals surface area contributed by atoms with E-state index in [1.54, 1.807) is 16.8 Å². The van der Waals surface area contributed by atoms with E-state index in [2.05, 4.69) is 6.92 Å². The SMILES string of the molecule is Cc1cccc(N(C)C(=O)CN2C(=O)C(c3ccccc3)=NC23CCC(C)CC3)c1. The Labute approximate surface area is 178 Å². The fourth-order valence-corrected chi connectivity index (χ4v) is 4.46. The molecule has 1 aliphatic heterocycles. The number of anilines is 1. The second-order valence-electron chi connectivity index (χ2n) is 8.67. The maximum absolute atomic E-state index is 13.4. The van der Waals surface area contributed by atoms with Crippen LogP contribution in [0.3, 0.4) is 0 Å². The molecule has 1 fully saturated rings. The third-order valence-corrected chi connectivity index (χ3v) is 6.45. The van der Waals surface area contributed by atoms with Crippen LogP contribution in [0.15, 0.2) is 59.6 Å². The Bertz CT molecular complexity index is 975. The van der Waals surface area contributed by atoms with Gasteiger partial charge in [0.15, 0.2) is 0 Å². The predicted octanol–water partition coefficient (Wildman–Crippen LogP) is 4.20. The number of hydrogen-bond donors (Lipinski definition) is 0. The van der Waals surface area contributed by atoms with Crippen molar-refractivity contribution < 1.29 is 9.59 Å². The van der Waals surface area contributed by atoms with E-state index in [0.717, 1.165) is 42.5 Å². The molecule has 1 aliphatic carbocycles. The standard InChI is InChI=1S/C25H29N3O2/c1-18-12-14-25(15-13-18)26-23(20-9-5-4-6-10-20)24(30)28(25)17-22(29)27(3)21-11-7-8-19(2)16-21/h4-11,16,18H,12-15,17H2,1-3H3. The lowest BCUT2D eigenvalue weighted by Gasteiger charge is -2.41. The Balaban J connectivity index is 1.62. The van der Waals surface area contributed by atoms with Crippen LogP contribution >= 0.6 is 0 Å². The van der Waals surface area contributed by atoms with E-state index in [4.69, 9.17) is 4.99 Å². The van der Waals surface area contributed by atoms with Crippen LogP contribution in [-0.2, 0) is 9.59 Å². The van der Waals surface area contributed by atoms with Gasteiger partial charge in [0, 0.05) is 18.3 Å². The zero-order valence-electron chi connectivity index (χ0n) is 18.0. The molecular formula is C25H29N3O2. The molecule has 0 saturated heterocycles. The summed E-state index contributed by atoms with van der Waals surface area (Å²) in [5, 5.41) is 0. The van der Waals surface area contributed by atoms with Crippen molar-refractivity contribution in [2.45, 2.75) is 45.2 Å². The van der Waals surface area contributed by atoms with Crippen LogP contribution in [0, 0.1) is 12.8 Å². The van der Waals surface area contributed by atoms with Gasteiger partial charge in [0.2, 0.25) is 5.91 Å². The molecule has 2 aromatic carbocycles. The van der Waals surface area contributed by atoms with Gasteiger partial charge in [0.1, 0.15) is 17.9 Å². The maximum Gasteiger partial charge on any atom is 0.275 e. The van der Waals surface area contributed by atoms with Gasteiger partial charge in [-0.3, -0.25) is 14.6 Å². The van der Waals surface area contributed by atoms with Crippen LogP contribution in [0.2, 0.25) is 0 Å². The van der Waals surface area contributed by atoms with Crippen LogP contribution in [0.1, 0.15) is 43.7 Å². The van der Waals surface area contributed by atoms with Crippen molar-refractivity contribution in [1.82, 2.24) is 4.90 Å². The van der Waals surface area contributed by atoms with Crippen molar-refractivity contribution in [1.29, 1.82) is 0 Å². The summed E-state index contributed by atoms with van der Waals surface area (Å²) in [6, 6.07) is 17.4. The first-order chi connectivity index (χ1) is 14.4. The molecule has 0 bridgehead atoms. The second kappa shape index (κ2) is 8.05. The fourth-order valence-electron chi connectivity index (χ4n) is 4.46. The largest absolute Gasteiger partial charge is 0.314 e. The van der Waals surface area contributed by atoms with Gasteiger partial charge in [-0.1, -0.05) is 49.4 Å². The average Bonchev–Trinajstić information content (AvgIpc) is 3.02. The molecule has 156 valence electrons. The molecule has 2 amide bonds. The molecule has 2 aliphatic rings. The third-order valence-electron chi connectivity index (χ3n) is 6.45. The zero-order valence-corrected chi connectivity index (χ0v) is 18.0. The van der Waals surface area contributed by atoms with Gasteiger partial charge in [0.25, 0.3) is 5.91 Å². The summed E-state index contributed by atoms with van der Waals surface area (Å²) < 4.78 is 0. The van der Waals surface area contributed by atoms with Crippen LogP contribution < -0.4 is 4.90 Å². The van der Waals surface area contributed by atoms with Gasteiger partial charge < -0.3 is 9.80 Å². The van der Waals surface area contributed by atoms with Crippen LogP contribution in [-0.4, -0.2) is 41.7 Å². The van der Waals surface area contributed by atoms with Crippen LogP contribution in [0.5, 0.6) is 0 Å². The summed E-state index contributed by atoms with van der Waals surface area (Å²) in [6.07, 6.45) is 3.63. The average molecular weight is 404 g/mol. The summed E-state index contributed by atoms with van der Waals surface area (Å²) in [5.41, 5.74) is 2.63. The molecule has 0 aromatic heterocycles. The number of carbonyl (C=O) groups is 2. The van der Waals surface area contributed by atoms with E-state index in [-0.39, 0.29) is 18.4 Å². The molecule has 5 heteroatoms. The van der Waals surface area contributed by atoms with Crippen molar-refractivity contribution in [3.05, 3.63) is 65.7 Å². The number of aryl methyl sites for hydroxylation is 1. The normalized spacial score (nSPS) is 23.6. The van der Waals surface area contributed by atoms with Gasteiger partial charge in [-0.2, -0.15) is 0 Å². The molecule has 0 atom stereocenters. The van der Waals surface area contributed by atoms with E-state index in [1.807, 2.05) is 61.5 Å². The van der Waals surface area contributed by atoms with E-state index in [1.165, 1.54) is 0 Å². The molecule has 2 aromatic rings. The van der Waals surface area contributed by atoms with Gasteiger partial charge >= 0.3 is 0 Å². The number of rotatable bonds is 4. The Morgan fingerprint density at radius 1 is 1.13 bits per heavy atom. The highest BCUT2D eigenvalue weighted by molar-refractivity contribution is 6.47. The first-order valence-electron chi connectivity index (χ1n) is 10.7. The third kappa shape index (κ3) is 3.76. The molecule has 0 radical (unpaired) electrons. The predicted molar refractivity (Wildman–Crippen MR) is 120 cm³/mol. The Hall–Kier alpha value is -2.95. The number of nitrogens with zero attached hydrogens (tertiary/aromatic N) is 3. The first kappa shape index (κ1) is 20.3. The minimum Gasteiger partial charge on any atom is -0.314 e. The van der Waals surface area contributed by atoms with Crippen molar-refractivity contribution in [2.75, 3.05) is 18.5 Å². The highest BCUT2D eigenvalue weighted by atomic mass is 16.2. The molecule has 4 rings (SSSR count). The number of benzene rings is 2. The monoisotopic (exact) mass is 403 g/mol. The summed E-state index contributed by atoms with van der Waals surface area (Å²) in [5.74, 6) is 0.382. The number of hydrogen-bond acceptors (Lipinski definition) is 3. The molecule has 30 heavy (non-hydrogen) atoms. The van der Waals surface area contributed by atoms with Crippen molar-refractivity contribution in [3.8, 4) is 0 Å². The molecular weight excluding hydrogens is 374 g/mol. The smallest absolute Gasteiger partial charge is 0.275 e. The number of carbonyl (C=O) groups excluding carboxylic acids is 2. The number of aliphatic imine (C=N–C) groups is 1. The lowest BCUT2D eigenvalue weighted by molar-refractivity contribution is -0.135. The molecule has 0 N–H and O–H groups in total. The molecule has 5 nitrogen and oxygen atoms in total. The van der Waals surface area contributed by atoms with E-state index in [0.29, 0.717) is 11.6 Å². The summed E-state index contributed by atoms with van der Waals surface area (Å²) >= 11 is 0. The molecule has 0 unspecified atom stereocenters. The van der Waals surface area contributed by atoms with Gasteiger partial charge in [0.05, 0.1) is 0 Å². The highest BCUT2D eigenvalue weighted by Gasteiger charge is 2.49. The lowest BCUT2D eigenvalue weighted by Crippen LogP contribution is -2.52. The topological polar surface area (TPSA) is 53.0 Å². The second-order valence-corrected chi connectivity index (χ2v) is 8.67. The van der Waals surface area contributed by atoms with Gasteiger partial charge in [-0.15, -0.1) is 0 Å². The minimum absolute atomic E-state index is 0.0392. The maximum atomic E-state index is 13.4. The first-order valence-corrected chi connectivity index (χ1v) is 10.7. The summed E-state index contributed by atoms with van der Waals surface area (Å²) in [7, 11) is 1.77. The highest BCUT2D eigenvalue weighted by Crippen LogP contribution is 2.41. The fraction of sp³-hybridized carbons (Fsp3) is 0.400. The Kier molecular flexibility index (Phi) is 5.46. The quantitative estimate of drug-likeness (QED) is 0.768. The van der Waals surface area contributed by atoms with Crippen LogP contribution in [0.4, 0.5) is 5.69 Å². The number of likely N-dealkylation sites (N-methyl/N-ethyl adjacent to an activating group) is 1. The van der Waals surface area contributed by atoms with Crippen molar-refractivity contribution in [2.24, 2.45) is 10.9 Å². The van der Waals surface area contributed by atoms with Gasteiger partial charge in [-0.25, -0.2) is 0 Å². The Morgan fingerprint density at radius 2 is 1.83 bits per heavy atom. The van der Waals surface area contributed by atoms with Crippen LogP contribution in [0.25, 0.3) is 0 Å². The van der Waals surface area contributed by atoms with E-state index >= 15 is 0 Å². The number of amides is 2. The summed E-state index contributed by atoms with van der Waals surface area (Å²) in [6.45, 7) is 4.29. The van der Waals surface area contributed by atoms with E-state index in [9.17, 15) is 9.59 Å². The molecule has 1 saturated carbocycles. The van der Waals surface area contributed by atoms with Crippen molar-refractivity contribution >= 4 is 23.2 Å². The summed E-state index contributed by atoms with van der Waals surface area (Å²) in [4.78, 5) is 34.9. The molecule has 1 spiro atoms. The van der Waals surface area contributed by atoms with Crippen molar-refractivity contribution in [3.63, 3.8) is 0 Å². The lowest BCUT2D eigenvalue weighted by atomic mass is 9.82. The van der Waals surface area contributed by atoms with Gasteiger partial charge in [-0.05, 0) is 56.2 Å². The minimum atomic E-state index is -0.599. The molecule has 1 heterocycles. The zero-order chi connectivity index (χ0) is 21.3.